The van der Waals surface area contributed by atoms with Crippen LogP contribution in [-0.4, -0.2) is 25.6 Å². The van der Waals surface area contributed by atoms with E-state index in [0.717, 1.165) is 11.7 Å². The Balaban J connectivity index is 1.89. The van der Waals surface area contributed by atoms with Crippen LogP contribution in [0.4, 0.5) is 5.00 Å². The zero-order valence-electron chi connectivity index (χ0n) is 8.90. The molecule has 2 nitrogen and oxygen atoms in total. The van der Waals surface area contributed by atoms with E-state index in [2.05, 4.69) is 34.1 Å². The number of fused-ring (bicyclic) bond motifs is 4. The molecule has 3 aliphatic heterocycles. The minimum Gasteiger partial charge on any atom is -0.319 e. The molecule has 0 N–H and O–H groups in total. The maximum atomic E-state index is 4.82. The van der Waals surface area contributed by atoms with Crippen molar-refractivity contribution in [1.29, 1.82) is 0 Å². The van der Waals surface area contributed by atoms with Crippen LogP contribution in [0.1, 0.15) is 11.1 Å². The summed E-state index contributed by atoms with van der Waals surface area (Å²) in [5.74, 6) is 1.22. The maximum absolute atomic E-state index is 4.82. The fourth-order valence-electron chi connectivity index (χ4n) is 2.37. The first-order chi connectivity index (χ1) is 8.24. The molecular weight excluding hydrogens is 383 g/mol. The Labute approximate surface area is 126 Å². The predicted octanol–water partition coefficient (Wildman–Crippen LogP) is 4.18. The monoisotopic (exact) mass is 392 g/mol. The van der Waals surface area contributed by atoms with Gasteiger partial charge in [0.25, 0.3) is 0 Å². The van der Waals surface area contributed by atoms with Crippen LogP contribution in [0.25, 0.3) is 5.70 Å². The third-order valence-electron chi connectivity index (χ3n) is 3.14. The molecule has 1 aromatic heterocycles. The lowest BCUT2D eigenvalue weighted by atomic mass is 10.1. The van der Waals surface area contributed by atoms with Crippen molar-refractivity contribution < 1.29 is 0 Å². The van der Waals surface area contributed by atoms with Crippen LogP contribution >= 0.6 is 57.5 Å². The minimum atomic E-state index is 0.597. The fourth-order valence-corrected chi connectivity index (χ4v) is 6.98. The molecule has 0 bridgehead atoms. The van der Waals surface area contributed by atoms with Gasteiger partial charge in [0.1, 0.15) is 5.00 Å². The smallest absolute Gasteiger partial charge is 0.170 e. The summed E-state index contributed by atoms with van der Waals surface area (Å²) in [6.07, 6.45) is 1.18. The summed E-state index contributed by atoms with van der Waals surface area (Å²) >= 11 is 8.16. The highest BCUT2D eigenvalue weighted by atomic mass is 127. The van der Waals surface area contributed by atoms with Crippen LogP contribution in [0, 0.1) is 0 Å². The van der Waals surface area contributed by atoms with Crippen molar-refractivity contribution in [3.05, 3.63) is 17.7 Å². The number of rotatable bonds is 0. The van der Waals surface area contributed by atoms with E-state index < -0.39 is 0 Å². The Morgan fingerprint density at radius 2 is 2.35 bits per heavy atom. The first-order valence-corrected chi connectivity index (χ1v) is 9.31. The van der Waals surface area contributed by atoms with Crippen LogP contribution < -0.4 is 0 Å². The van der Waals surface area contributed by atoms with Crippen LogP contribution in [0.2, 0.25) is 0 Å². The number of thioether (sulfide) groups is 2. The molecule has 1 unspecified atom stereocenters. The highest BCUT2D eigenvalue weighted by Gasteiger charge is 2.36. The summed E-state index contributed by atoms with van der Waals surface area (Å²) in [4.78, 5) is 7.11. The lowest BCUT2D eigenvalue weighted by Crippen LogP contribution is -2.25. The third-order valence-corrected chi connectivity index (χ3v) is 7.66. The van der Waals surface area contributed by atoms with Gasteiger partial charge in [-0.25, -0.2) is 4.99 Å². The van der Waals surface area contributed by atoms with Gasteiger partial charge in [0.15, 0.2) is 5.17 Å². The van der Waals surface area contributed by atoms with Crippen LogP contribution in [-0.2, 0) is 6.42 Å². The Morgan fingerprint density at radius 1 is 1.47 bits per heavy atom. The zero-order chi connectivity index (χ0) is 11.6. The fraction of sp³-hybridized carbons (Fsp3) is 0.364. The van der Waals surface area contributed by atoms with Crippen molar-refractivity contribution in [2.45, 2.75) is 13.9 Å². The number of nitrogens with zero attached hydrogens (tertiary/aromatic N) is 2. The molecule has 0 aliphatic carbocycles. The van der Waals surface area contributed by atoms with Crippen molar-refractivity contribution in [3.8, 4) is 0 Å². The average molecular weight is 392 g/mol. The highest BCUT2D eigenvalue weighted by molar-refractivity contribution is 14.1. The predicted molar refractivity (Wildman–Crippen MR) is 87.0 cm³/mol. The number of alkyl halides is 1. The molecule has 4 heterocycles. The standard InChI is InChI=1S/C11H9IN2S3/c1-5-8-6-2-3-15-10(6)17-9(8)13-11-14(5)4-7(12)16-11/h7H,1-4H2. The Bertz CT molecular complexity index is 563. The minimum absolute atomic E-state index is 0.597. The molecule has 0 amide bonds. The molecule has 0 radical (unpaired) electrons. The van der Waals surface area contributed by atoms with E-state index in [4.69, 9.17) is 4.99 Å². The van der Waals surface area contributed by atoms with Gasteiger partial charge in [0.05, 0.1) is 7.47 Å². The van der Waals surface area contributed by atoms with Gasteiger partial charge in [-0.15, -0.1) is 23.1 Å². The number of thiophene rings is 1. The van der Waals surface area contributed by atoms with Crippen molar-refractivity contribution in [2.24, 2.45) is 4.99 Å². The maximum Gasteiger partial charge on any atom is 0.170 e. The lowest BCUT2D eigenvalue weighted by molar-refractivity contribution is 0.638. The van der Waals surface area contributed by atoms with E-state index in [0.29, 0.717) is 3.26 Å². The largest absolute Gasteiger partial charge is 0.319 e. The van der Waals surface area contributed by atoms with Crippen molar-refractivity contribution in [1.82, 2.24) is 4.90 Å². The Hall–Kier alpha value is 0.340. The van der Waals surface area contributed by atoms with E-state index in [1.807, 2.05) is 34.9 Å². The van der Waals surface area contributed by atoms with E-state index in [1.165, 1.54) is 38.2 Å². The molecule has 6 heteroatoms. The topological polar surface area (TPSA) is 15.6 Å². The zero-order valence-corrected chi connectivity index (χ0v) is 13.5. The summed E-state index contributed by atoms with van der Waals surface area (Å²) in [7, 11) is 0. The highest BCUT2D eigenvalue weighted by Crippen LogP contribution is 2.53. The van der Waals surface area contributed by atoms with Gasteiger partial charge in [0, 0.05) is 23.6 Å². The van der Waals surface area contributed by atoms with E-state index in [-0.39, 0.29) is 0 Å². The SMILES string of the molecule is C=C1c2c(sc3c2CCS3)N=C2SC(I)CN12. The van der Waals surface area contributed by atoms with E-state index >= 15 is 0 Å². The molecule has 1 aromatic rings. The number of aliphatic imine (C=N–C) groups is 1. The molecule has 1 saturated heterocycles. The molecular formula is C11H9IN2S3. The number of halogens is 1. The molecule has 1 atom stereocenters. The van der Waals surface area contributed by atoms with Gasteiger partial charge in [-0.2, -0.15) is 0 Å². The molecule has 0 aromatic carbocycles. The van der Waals surface area contributed by atoms with Gasteiger partial charge >= 0.3 is 0 Å². The van der Waals surface area contributed by atoms with E-state index in [9.17, 15) is 0 Å². The average Bonchev–Trinajstić information content (AvgIpc) is 2.90. The van der Waals surface area contributed by atoms with Crippen molar-refractivity contribution in [2.75, 3.05) is 12.3 Å². The molecule has 3 aliphatic rings. The first kappa shape index (κ1) is 11.2. The third kappa shape index (κ3) is 1.56. The first-order valence-electron chi connectivity index (χ1n) is 5.39. The van der Waals surface area contributed by atoms with Crippen LogP contribution in [0.3, 0.4) is 0 Å². The second kappa shape index (κ2) is 3.91. The van der Waals surface area contributed by atoms with E-state index in [1.54, 1.807) is 0 Å². The molecule has 0 spiro atoms. The molecule has 1 fully saturated rings. The second-order valence-corrected chi connectivity index (χ2v) is 10.0. The van der Waals surface area contributed by atoms with Gasteiger partial charge in [0.2, 0.25) is 0 Å². The summed E-state index contributed by atoms with van der Waals surface area (Å²) in [6.45, 7) is 5.35. The van der Waals surface area contributed by atoms with Gasteiger partial charge in [-0.3, -0.25) is 0 Å². The second-order valence-electron chi connectivity index (χ2n) is 4.13. The summed E-state index contributed by atoms with van der Waals surface area (Å²) in [6, 6.07) is 0. The molecule has 0 saturated carbocycles. The van der Waals surface area contributed by atoms with Gasteiger partial charge in [-0.1, -0.05) is 40.9 Å². The Kier molecular flexibility index (Phi) is 2.58. The molecule has 4 rings (SSSR count). The number of amidine groups is 1. The summed E-state index contributed by atoms with van der Waals surface area (Å²) in [5.41, 5.74) is 4.02. The number of hydrogen-bond donors (Lipinski definition) is 0. The quantitative estimate of drug-likeness (QED) is 0.487. The van der Waals surface area contributed by atoms with Gasteiger partial charge < -0.3 is 4.90 Å². The Morgan fingerprint density at radius 3 is 3.24 bits per heavy atom. The molecule has 17 heavy (non-hydrogen) atoms. The van der Waals surface area contributed by atoms with Gasteiger partial charge in [-0.05, 0) is 12.0 Å². The summed E-state index contributed by atoms with van der Waals surface area (Å²) < 4.78 is 2.07. The van der Waals surface area contributed by atoms with Crippen molar-refractivity contribution >= 4 is 73.3 Å². The normalized spacial score (nSPS) is 25.7. The lowest BCUT2D eigenvalue weighted by Gasteiger charge is -2.25. The molecule has 88 valence electrons. The van der Waals surface area contributed by atoms with Crippen LogP contribution in [0.5, 0.6) is 0 Å². The van der Waals surface area contributed by atoms with Crippen molar-refractivity contribution in [3.63, 3.8) is 0 Å². The summed E-state index contributed by atoms with van der Waals surface area (Å²) in [5, 5.41) is 2.34. The number of hydrogen-bond acceptors (Lipinski definition) is 5. The van der Waals surface area contributed by atoms with Crippen LogP contribution in [0.15, 0.2) is 15.8 Å².